The maximum absolute atomic E-state index is 12.0. The van der Waals surface area contributed by atoms with Crippen molar-refractivity contribution in [2.45, 2.75) is 40.5 Å². The molecule has 0 aromatic heterocycles. The topological polar surface area (TPSA) is 17.1 Å². The SMILES string of the molecule is Cc1ccc(Br)cc1C(=O)CCC(C)(C)C. The zero-order valence-corrected chi connectivity index (χ0v) is 12.0. The van der Waals surface area contributed by atoms with Gasteiger partial charge in [0.25, 0.3) is 0 Å². The molecule has 0 aliphatic rings. The monoisotopic (exact) mass is 282 g/mol. The molecular formula is C14H19BrO. The van der Waals surface area contributed by atoms with E-state index in [-0.39, 0.29) is 11.2 Å². The van der Waals surface area contributed by atoms with E-state index >= 15 is 0 Å². The third-order valence-electron chi connectivity index (χ3n) is 2.60. The van der Waals surface area contributed by atoms with Gasteiger partial charge in [0.15, 0.2) is 5.78 Å². The van der Waals surface area contributed by atoms with E-state index in [1.165, 1.54) is 0 Å². The van der Waals surface area contributed by atoms with Crippen molar-refractivity contribution in [2.24, 2.45) is 5.41 Å². The van der Waals surface area contributed by atoms with Gasteiger partial charge in [-0.1, -0.05) is 42.8 Å². The van der Waals surface area contributed by atoms with Crippen LogP contribution < -0.4 is 0 Å². The second-order valence-corrected chi connectivity index (χ2v) is 6.36. The van der Waals surface area contributed by atoms with Gasteiger partial charge in [-0.3, -0.25) is 4.79 Å². The summed E-state index contributed by atoms with van der Waals surface area (Å²) in [5.41, 5.74) is 2.12. The number of Topliss-reactive ketones (excluding diaryl/α,β-unsaturated/α-hetero) is 1. The molecule has 0 saturated carbocycles. The van der Waals surface area contributed by atoms with Crippen molar-refractivity contribution in [3.05, 3.63) is 33.8 Å². The average molecular weight is 283 g/mol. The lowest BCUT2D eigenvalue weighted by Gasteiger charge is -2.17. The summed E-state index contributed by atoms with van der Waals surface area (Å²) in [6, 6.07) is 5.87. The molecule has 0 radical (unpaired) electrons. The van der Waals surface area contributed by atoms with Crippen molar-refractivity contribution in [1.82, 2.24) is 0 Å². The molecule has 0 spiro atoms. The van der Waals surface area contributed by atoms with Gasteiger partial charge in [-0.05, 0) is 36.5 Å². The van der Waals surface area contributed by atoms with Crippen LogP contribution in [0.5, 0.6) is 0 Å². The number of hydrogen-bond donors (Lipinski definition) is 0. The summed E-state index contributed by atoms with van der Waals surface area (Å²) in [6.45, 7) is 8.47. The molecule has 0 aliphatic carbocycles. The number of halogens is 1. The van der Waals surface area contributed by atoms with E-state index in [0.29, 0.717) is 6.42 Å². The fraction of sp³-hybridized carbons (Fsp3) is 0.500. The predicted molar refractivity (Wildman–Crippen MR) is 71.9 cm³/mol. The molecule has 1 nitrogen and oxygen atoms in total. The molecule has 1 aromatic carbocycles. The lowest BCUT2D eigenvalue weighted by molar-refractivity contribution is 0.0965. The van der Waals surface area contributed by atoms with Crippen LogP contribution in [0.15, 0.2) is 22.7 Å². The van der Waals surface area contributed by atoms with Crippen LogP contribution in [0, 0.1) is 12.3 Å². The average Bonchev–Trinajstić information content (AvgIpc) is 2.17. The summed E-state index contributed by atoms with van der Waals surface area (Å²) in [5.74, 6) is 0.244. The first kappa shape index (κ1) is 13.4. The minimum absolute atomic E-state index is 0.218. The summed E-state index contributed by atoms with van der Waals surface area (Å²) in [4.78, 5) is 12.0. The molecule has 0 atom stereocenters. The molecule has 16 heavy (non-hydrogen) atoms. The van der Waals surface area contributed by atoms with Gasteiger partial charge in [-0.15, -0.1) is 0 Å². The van der Waals surface area contributed by atoms with Crippen molar-refractivity contribution in [3.63, 3.8) is 0 Å². The zero-order valence-electron chi connectivity index (χ0n) is 10.4. The van der Waals surface area contributed by atoms with Crippen LogP contribution in [0.4, 0.5) is 0 Å². The number of hydrogen-bond acceptors (Lipinski definition) is 1. The number of rotatable bonds is 3. The minimum atomic E-state index is 0.218. The molecule has 0 N–H and O–H groups in total. The van der Waals surface area contributed by atoms with Crippen LogP contribution in [0.2, 0.25) is 0 Å². The van der Waals surface area contributed by atoms with E-state index in [2.05, 4.69) is 36.7 Å². The van der Waals surface area contributed by atoms with E-state index in [1.54, 1.807) is 0 Å². The molecule has 88 valence electrons. The summed E-state index contributed by atoms with van der Waals surface area (Å²) in [5, 5.41) is 0. The fourth-order valence-electron chi connectivity index (χ4n) is 1.52. The van der Waals surface area contributed by atoms with Crippen molar-refractivity contribution in [2.75, 3.05) is 0 Å². The Kier molecular flexibility index (Phi) is 4.31. The molecule has 0 bridgehead atoms. The van der Waals surface area contributed by atoms with E-state index < -0.39 is 0 Å². The molecule has 0 amide bonds. The number of ketones is 1. The predicted octanol–water partition coefficient (Wildman–Crippen LogP) is 4.77. The molecule has 2 heteroatoms. The maximum Gasteiger partial charge on any atom is 0.163 e. The Labute approximate surface area is 106 Å². The largest absolute Gasteiger partial charge is 0.294 e. The van der Waals surface area contributed by atoms with Gasteiger partial charge in [-0.25, -0.2) is 0 Å². The van der Waals surface area contributed by atoms with Crippen molar-refractivity contribution < 1.29 is 4.79 Å². The highest BCUT2D eigenvalue weighted by atomic mass is 79.9. The molecule has 1 aromatic rings. The Morgan fingerprint density at radius 1 is 1.31 bits per heavy atom. The van der Waals surface area contributed by atoms with Gasteiger partial charge in [-0.2, -0.15) is 0 Å². The van der Waals surface area contributed by atoms with Gasteiger partial charge < -0.3 is 0 Å². The summed E-state index contributed by atoms with van der Waals surface area (Å²) in [6.07, 6.45) is 1.55. The standard InChI is InChI=1S/C14H19BrO/c1-10-5-6-11(15)9-12(10)13(16)7-8-14(2,3)4/h5-6,9H,7-8H2,1-4H3. The van der Waals surface area contributed by atoms with Gasteiger partial charge in [0.2, 0.25) is 0 Å². The lowest BCUT2D eigenvalue weighted by Crippen LogP contribution is -2.10. The Balaban J connectivity index is 2.77. The fourth-order valence-corrected chi connectivity index (χ4v) is 1.88. The zero-order chi connectivity index (χ0) is 12.3. The normalized spacial score (nSPS) is 11.6. The first-order valence-corrected chi connectivity index (χ1v) is 6.38. The highest BCUT2D eigenvalue weighted by Crippen LogP contribution is 2.24. The minimum Gasteiger partial charge on any atom is -0.294 e. The van der Waals surface area contributed by atoms with Gasteiger partial charge in [0.05, 0.1) is 0 Å². The third kappa shape index (κ3) is 4.09. The highest BCUT2D eigenvalue weighted by Gasteiger charge is 2.15. The Morgan fingerprint density at radius 3 is 2.50 bits per heavy atom. The molecular weight excluding hydrogens is 264 g/mol. The number of aryl methyl sites for hydroxylation is 1. The molecule has 0 heterocycles. The quantitative estimate of drug-likeness (QED) is 0.730. The summed E-state index contributed by atoms with van der Waals surface area (Å²) in [7, 11) is 0. The van der Waals surface area contributed by atoms with Crippen molar-refractivity contribution >= 4 is 21.7 Å². The van der Waals surface area contributed by atoms with E-state index in [1.807, 2.05) is 25.1 Å². The second-order valence-electron chi connectivity index (χ2n) is 5.44. The van der Waals surface area contributed by atoms with Crippen LogP contribution in [0.1, 0.15) is 49.5 Å². The van der Waals surface area contributed by atoms with Gasteiger partial charge in [0.1, 0.15) is 0 Å². The van der Waals surface area contributed by atoms with E-state index in [9.17, 15) is 4.79 Å². The Morgan fingerprint density at radius 2 is 1.94 bits per heavy atom. The maximum atomic E-state index is 12.0. The summed E-state index contributed by atoms with van der Waals surface area (Å²) >= 11 is 3.40. The van der Waals surface area contributed by atoms with Crippen molar-refractivity contribution in [1.29, 1.82) is 0 Å². The van der Waals surface area contributed by atoms with Gasteiger partial charge >= 0.3 is 0 Å². The van der Waals surface area contributed by atoms with Crippen LogP contribution in [-0.4, -0.2) is 5.78 Å². The lowest BCUT2D eigenvalue weighted by atomic mass is 9.88. The van der Waals surface area contributed by atoms with E-state index in [4.69, 9.17) is 0 Å². The first-order valence-electron chi connectivity index (χ1n) is 5.59. The molecule has 0 unspecified atom stereocenters. The Hall–Kier alpha value is -0.630. The molecule has 0 fully saturated rings. The molecule has 0 saturated heterocycles. The Bertz CT molecular complexity index is 388. The van der Waals surface area contributed by atoms with Crippen LogP contribution in [0.3, 0.4) is 0 Å². The van der Waals surface area contributed by atoms with Gasteiger partial charge in [0, 0.05) is 16.5 Å². The van der Waals surface area contributed by atoms with Crippen molar-refractivity contribution in [3.8, 4) is 0 Å². The summed E-state index contributed by atoms with van der Waals surface area (Å²) < 4.78 is 0.970. The number of carbonyl (C=O) groups is 1. The van der Waals surface area contributed by atoms with Crippen LogP contribution >= 0.6 is 15.9 Å². The molecule has 0 aliphatic heterocycles. The number of benzene rings is 1. The van der Waals surface area contributed by atoms with Crippen LogP contribution in [-0.2, 0) is 0 Å². The highest BCUT2D eigenvalue weighted by molar-refractivity contribution is 9.10. The smallest absolute Gasteiger partial charge is 0.163 e. The second kappa shape index (κ2) is 5.13. The van der Waals surface area contributed by atoms with E-state index in [0.717, 1.165) is 22.0 Å². The third-order valence-corrected chi connectivity index (χ3v) is 3.10. The number of carbonyl (C=O) groups excluding carboxylic acids is 1. The first-order chi connectivity index (χ1) is 7.29. The van der Waals surface area contributed by atoms with Crippen LogP contribution in [0.25, 0.3) is 0 Å². The molecule has 1 rings (SSSR count).